The van der Waals surface area contributed by atoms with Crippen LogP contribution in [0.3, 0.4) is 0 Å². The van der Waals surface area contributed by atoms with Crippen molar-refractivity contribution in [1.29, 1.82) is 0 Å². The minimum atomic E-state index is -0.0499. The average Bonchev–Trinajstić information content (AvgIpc) is 3.28. The van der Waals surface area contributed by atoms with Gasteiger partial charge in [0.05, 0.1) is 12.2 Å². The molecule has 2 aliphatic rings. The Kier molecular flexibility index (Phi) is 3.60. The molecule has 2 aromatic carbocycles. The molecule has 4 heteroatoms. The molecular weight excluding hydrogens is 286 g/mol. The number of benzene rings is 2. The van der Waals surface area contributed by atoms with Gasteiger partial charge in [-0.3, -0.25) is 15.3 Å². The van der Waals surface area contributed by atoms with Crippen LogP contribution in [0.5, 0.6) is 0 Å². The summed E-state index contributed by atoms with van der Waals surface area (Å²) in [4.78, 5) is 10.1. The fourth-order valence-corrected chi connectivity index (χ4v) is 2.82. The summed E-state index contributed by atoms with van der Waals surface area (Å²) in [7, 11) is 0. The van der Waals surface area contributed by atoms with Gasteiger partial charge in [0.2, 0.25) is 0 Å². The van der Waals surface area contributed by atoms with Crippen LogP contribution in [0.2, 0.25) is 0 Å². The van der Waals surface area contributed by atoms with Crippen LogP contribution in [-0.2, 0) is 4.84 Å². The fourth-order valence-electron chi connectivity index (χ4n) is 2.82. The molecule has 1 unspecified atom stereocenters. The Labute approximate surface area is 135 Å². The minimum Gasteiger partial charge on any atom is -0.368 e. The molecule has 0 radical (unpaired) electrons. The van der Waals surface area contributed by atoms with E-state index in [9.17, 15) is 0 Å². The maximum atomic E-state index is 5.70. The first-order valence-corrected chi connectivity index (χ1v) is 7.89. The van der Waals surface area contributed by atoms with Crippen molar-refractivity contribution in [1.82, 2.24) is 10.8 Å². The molecule has 0 aliphatic carbocycles. The summed E-state index contributed by atoms with van der Waals surface area (Å²) in [6.07, 6.45) is 2.07. The number of hydroxylamine groups is 1. The van der Waals surface area contributed by atoms with Crippen molar-refractivity contribution >= 4 is 11.5 Å². The third kappa shape index (κ3) is 2.85. The van der Waals surface area contributed by atoms with E-state index in [1.807, 2.05) is 0 Å². The first kappa shape index (κ1) is 14.0. The predicted octanol–water partition coefficient (Wildman–Crippen LogP) is 2.96. The Morgan fingerprint density at radius 3 is 2.43 bits per heavy atom. The Bertz CT molecular complexity index is 760. The van der Waals surface area contributed by atoms with E-state index in [2.05, 4.69) is 77.3 Å². The number of nitrogens with one attached hydrogen (secondary N) is 2. The van der Waals surface area contributed by atoms with Crippen LogP contribution in [0.4, 0.5) is 0 Å². The molecule has 1 atom stereocenters. The first-order chi connectivity index (χ1) is 11.3. The molecule has 4 nitrogen and oxygen atoms in total. The van der Waals surface area contributed by atoms with Gasteiger partial charge >= 0.3 is 0 Å². The maximum Gasteiger partial charge on any atom is 0.131 e. The fraction of sp³-hybridized carbons (Fsp3) is 0.211. The molecule has 2 N–H and O–H groups in total. The summed E-state index contributed by atoms with van der Waals surface area (Å²) >= 11 is 0. The summed E-state index contributed by atoms with van der Waals surface area (Å²) in [5.74, 6) is 0.985. The molecule has 2 heterocycles. The smallest absolute Gasteiger partial charge is 0.131 e. The molecule has 4 rings (SSSR count). The maximum absolute atomic E-state index is 5.70. The Balaban J connectivity index is 1.54. The number of hydrogen-bond donors (Lipinski definition) is 2. The van der Waals surface area contributed by atoms with Gasteiger partial charge in [-0.25, -0.2) is 0 Å². The van der Waals surface area contributed by atoms with Gasteiger partial charge in [0, 0.05) is 12.1 Å². The van der Waals surface area contributed by atoms with Crippen molar-refractivity contribution in [3.05, 3.63) is 76.9 Å². The van der Waals surface area contributed by atoms with Gasteiger partial charge in [0.1, 0.15) is 11.9 Å². The largest absolute Gasteiger partial charge is 0.368 e. The summed E-state index contributed by atoms with van der Waals surface area (Å²) < 4.78 is 0. The van der Waals surface area contributed by atoms with E-state index < -0.39 is 0 Å². The monoisotopic (exact) mass is 305 g/mol. The SMILES string of the molecule is Cc1ccc(C2C=C(c3ccc(C4=NCCN4)cc3)NO2)cc1. The molecule has 0 fully saturated rings. The minimum absolute atomic E-state index is 0.0499. The Morgan fingerprint density at radius 2 is 1.74 bits per heavy atom. The number of rotatable bonds is 3. The first-order valence-electron chi connectivity index (χ1n) is 7.89. The number of aryl methyl sites for hydroxylation is 1. The summed E-state index contributed by atoms with van der Waals surface area (Å²) in [5, 5.41) is 3.29. The van der Waals surface area contributed by atoms with Gasteiger partial charge in [-0.2, -0.15) is 0 Å². The van der Waals surface area contributed by atoms with E-state index in [1.165, 1.54) is 5.56 Å². The van der Waals surface area contributed by atoms with Gasteiger partial charge in [-0.15, -0.1) is 0 Å². The van der Waals surface area contributed by atoms with Crippen LogP contribution >= 0.6 is 0 Å². The van der Waals surface area contributed by atoms with E-state index in [-0.39, 0.29) is 6.10 Å². The standard InChI is InChI=1S/C19H19N3O/c1-13-2-4-15(5-3-13)18-12-17(22-23-18)14-6-8-16(9-7-14)19-20-10-11-21-19/h2-9,12,18,22H,10-11H2,1H3,(H,20,21). The number of nitrogens with zero attached hydrogens (tertiary/aromatic N) is 1. The average molecular weight is 305 g/mol. The molecule has 116 valence electrons. The van der Waals surface area contributed by atoms with Crippen LogP contribution in [0.15, 0.2) is 59.6 Å². The molecule has 2 aliphatic heterocycles. The molecule has 0 saturated heterocycles. The highest BCUT2D eigenvalue weighted by Crippen LogP contribution is 2.28. The summed E-state index contributed by atoms with van der Waals surface area (Å²) in [5.41, 5.74) is 8.69. The highest BCUT2D eigenvalue weighted by atomic mass is 16.7. The Morgan fingerprint density at radius 1 is 1.00 bits per heavy atom. The zero-order valence-electron chi connectivity index (χ0n) is 13.0. The van der Waals surface area contributed by atoms with Gasteiger partial charge < -0.3 is 5.32 Å². The van der Waals surface area contributed by atoms with Gasteiger partial charge in [0.15, 0.2) is 0 Å². The second-order valence-corrected chi connectivity index (χ2v) is 5.87. The van der Waals surface area contributed by atoms with Crippen molar-refractivity contribution in [2.24, 2.45) is 4.99 Å². The zero-order chi connectivity index (χ0) is 15.6. The van der Waals surface area contributed by atoms with Gasteiger partial charge in [-0.1, -0.05) is 54.1 Å². The molecule has 0 amide bonds. The van der Waals surface area contributed by atoms with E-state index in [1.54, 1.807) is 0 Å². The molecule has 0 saturated carbocycles. The van der Waals surface area contributed by atoms with E-state index >= 15 is 0 Å². The quantitative estimate of drug-likeness (QED) is 0.916. The van der Waals surface area contributed by atoms with Crippen LogP contribution in [0, 0.1) is 6.92 Å². The van der Waals surface area contributed by atoms with Crippen LogP contribution < -0.4 is 10.8 Å². The number of hydrogen-bond acceptors (Lipinski definition) is 4. The zero-order valence-corrected chi connectivity index (χ0v) is 13.0. The van der Waals surface area contributed by atoms with E-state index in [0.717, 1.165) is 41.3 Å². The van der Waals surface area contributed by atoms with Crippen molar-refractivity contribution in [3.63, 3.8) is 0 Å². The van der Waals surface area contributed by atoms with Gasteiger partial charge in [-0.05, 0) is 24.1 Å². The Hall–Kier alpha value is -2.59. The highest BCUT2D eigenvalue weighted by Gasteiger charge is 2.19. The topological polar surface area (TPSA) is 45.7 Å². The van der Waals surface area contributed by atoms with E-state index in [0.29, 0.717) is 0 Å². The van der Waals surface area contributed by atoms with Crippen LogP contribution in [0.25, 0.3) is 5.70 Å². The molecule has 0 spiro atoms. The summed E-state index contributed by atoms with van der Waals surface area (Å²) in [6, 6.07) is 16.8. The molecule has 0 aromatic heterocycles. The number of amidine groups is 1. The molecule has 23 heavy (non-hydrogen) atoms. The molecular formula is C19H19N3O. The van der Waals surface area contributed by atoms with Crippen LogP contribution in [0.1, 0.15) is 28.4 Å². The normalized spacial score (nSPS) is 19.8. The third-order valence-electron chi connectivity index (χ3n) is 4.16. The molecule has 2 aromatic rings. The number of aliphatic imine (C=N–C) groups is 1. The molecule has 0 bridgehead atoms. The van der Waals surface area contributed by atoms with Crippen molar-refractivity contribution in [2.75, 3.05) is 13.1 Å². The second-order valence-electron chi connectivity index (χ2n) is 5.87. The lowest BCUT2D eigenvalue weighted by Crippen LogP contribution is -2.19. The lowest BCUT2D eigenvalue weighted by atomic mass is 10.0. The summed E-state index contributed by atoms with van der Waals surface area (Å²) in [6.45, 7) is 3.87. The van der Waals surface area contributed by atoms with Crippen molar-refractivity contribution in [3.8, 4) is 0 Å². The predicted molar refractivity (Wildman–Crippen MR) is 92.0 cm³/mol. The lowest BCUT2D eigenvalue weighted by Gasteiger charge is -2.08. The highest BCUT2D eigenvalue weighted by molar-refractivity contribution is 5.99. The second kappa shape index (κ2) is 5.89. The van der Waals surface area contributed by atoms with Gasteiger partial charge in [0.25, 0.3) is 0 Å². The van der Waals surface area contributed by atoms with E-state index in [4.69, 9.17) is 4.84 Å². The lowest BCUT2D eigenvalue weighted by molar-refractivity contribution is 0.0511. The third-order valence-corrected chi connectivity index (χ3v) is 4.16. The van der Waals surface area contributed by atoms with Crippen LogP contribution in [-0.4, -0.2) is 18.9 Å². The van der Waals surface area contributed by atoms with Crippen molar-refractivity contribution < 1.29 is 4.84 Å². The van der Waals surface area contributed by atoms with Crippen molar-refractivity contribution in [2.45, 2.75) is 13.0 Å².